The molecule has 9 nitrogen and oxygen atoms in total. The van der Waals surface area contributed by atoms with Gasteiger partial charge in [0, 0.05) is 13.6 Å². The second-order valence-electron chi connectivity index (χ2n) is 7.15. The Balaban J connectivity index is 1.63. The van der Waals surface area contributed by atoms with E-state index in [-0.39, 0.29) is 24.3 Å². The van der Waals surface area contributed by atoms with Crippen LogP contribution in [0.3, 0.4) is 0 Å². The Morgan fingerprint density at radius 3 is 2.48 bits per heavy atom. The van der Waals surface area contributed by atoms with Gasteiger partial charge in [-0.2, -0.15) is 4.98 Å². The van der Waals surface area contributed by atoms with Gasteiger partial charge in [0.1, 0.15) is 18.5 Å². The Labute approximate surface area is 177 Å². The van der Waals surface area contributed by atoms with Crippen molar-refractivity contribution >= 4 is 17.1 Å². The van der Waals surface area contributed by atoms with Crippen molar-refractivity contribution in [2.45, 2.75) is 19.2 Å². The first kappa shape index (κ1) is 20.4. The van der Waals surface area contributed by atoms with Gasteiger partial charge < -0.3 is 19.7 Å². The van der Waals surface area contributed by atoms with Crippen LogP contribution in [0, 0.1) is 0 Å². The normalized spacial score (nSPS) is 12.1. The van der Waals surface area contributed by atoms with Gasteiger partial charge in [0.25, 0.3) is 5.56 Å². The molecule has 0 saturated carbocycles. The van der Waals surface area contributed by atoms with E-state index in [1.165, 1.54) is 11.6 Å². The Kier molecular flexibility index (Phi) is 5.85. The number of aliphatic hydroxyl groups is 1. The highest BCUT2D eigenvalue weighted by Gasteiger charge is 2.20. The molecule has 0 amide bonds. The van der Waals surface area contributed by atoms with Crippen LogP contribution in [0.25, 0.3) is 11.2 Å². The third kappa shape index (κ3) is 4.51. The fraction of sp³-hybridized carbons (Fsp3) is 0.227. The van der Waals surface area contributed by atoms with Crippen molar-refractivity contribution in [3.8, 4) is 5.75 Å². The van der Waals surface area contributed by atoms with Gasteiger partial charge in [0.15, 0.2) is 11.2 Å². The summed E-state index contributed by atoms with van der Waals surface area (Å²) in [6, 6.07) is 18.9. The zero-order valence-corrected chi connectivity index (χ0v) is 17.0. The standard InChI is InChI=1S/C22H23N5O4/c1-26-19-18(20(29)25-22(26)30)27(13-16(28)14-31-17-10-6-3-7-11-17)21(24-19)23-12-15-8-4-2-5-9-15/h2-11,16,28H,12-14H2,1H3,(H,23,24)(H,25,29,30)/t16-/m1/s1. The summed E-state index contributed by atoms with van der Waals surface area (Å²) in [4.78, 5) is 31.3. The number of aromatic amines is 1. The molecule has 2 heterocycles. The van der Waals surface area contributed by atoms with E-state index in [1.807, 2.05) is 48.5 Å². The molecule has 9 heteroatoms. The molecule has 31 heavy (non-hydrogen) atoms. The van der Waals surface area contributed by atoms with Crippen molar-refractivity contribution in [1.29, 1.82) is 0 Å². The lowest BCUT2D eigenvalue weighted by molar-refractivity contribution is 0.0938. The minimum Gasteiger partial charge on any atom is -0.491 e. The molecular formula is C22H23N5O4. The van der Waals surface area contributed by atoms with Crippen molar-refractivity contribution in [2.24, 2.45) is 7.05 Å². The van der Waals surface area contributed by atoms with Gasteiger partial charge in [0.2, 0.25) is 5.95 Å². The van der Waals surface area contributed by atoms with Gasteiger partial charge in [-0.1, -0.05) is 48.5 Å². The first-order valence-electron chi connectivity index (χ1n) is 9.86. The summed E-state index contributed by atoms with van der Waals surface area (Å²) >= 11 is 0. The van der Waals surface area contributed by atoms with Crippen LogP contribution in [0.15, 0.2) is 70.3 Å². The Bertz CT molecular complexity index is 1280. The number of aromatic nitrogens is 4. The number of aliphatic hydroxyl groups excluding tert-OH is 1. The molecule has 0 aliphatic heterocycles. The number of nitrogens with one attached hydrogen (secondary N) is 2. The predicted molar refractivity (Wildman–Crippen MR) is 117 cm³/mol. The topological polar surface area (TPSA) is 114 Å². The molecule has 1 atom stereocenters. The Morgan fingerprint density at radius 2 is 1.77 bits per heavy atom. The molecule has 0 radical (unpaired) electrons. The van der Waals surface area contributed by atoms with E-state index in [4.69, 9.17) is 4.74 Å². The van der Waals surface area contributed by atoms with Crippen molar-refractivity contribution in [3.63, 3.8) is 0 Å². The predicted octanol–water partition coefficient (Wildman–Crippen LogP) is 1.48. The molecule has 0 spiro atoms. The number of rotatable bonds is 8. The molecule has 3 N–H and O–H groups in total. The molecular weight excluding hydrogens is 398 g/mol. The van der Waals surface area contributed by atoms with E-state index >= 15 is 0 Å². The number of aryl methyl sites for hydroxylation is 1. The lowest BCUT2D eigenvalue weighted by atomic mass is 10.2. The fourth-order valence-electron chi connectivity index (χ4n) is 3.30. The Hall–Kier alpha value is -3.85. The van der Waals surface area contributed by atoms with Crippen molar-refractivity contribution < 1.29 is 9.84 Å². The maximum Gasteiger partial charge on any atom is 0.329 e. The molecule has 0 bridgehead atoms. The van der Waals surface area contributed by atoms with Crippen LogP contribution in [0.1, 0.15) is 5.56 Å². The number of imidazole rings is 1. The largest absolute Gasteiger partial charge is 0.491 e. The van der Waals surface area contributed by atoms with Crippen LogP contribution in [0.4, 0.5) is 5.95 Å². The van der Waals surface area contributed by atoms with Crippen molar-refractivity contribution in [3.05, 3.63) is 87.1 Å². The van der Waals surface area contributed by atoms with Gasteiger partial charge in [0.05, 0.1) is 6.54 Å². The molecule has 2 aromatic heterocycles. The quantitative estimate of drug-likeness (QED) is 0.397. The number of hydrogen-bond donors (Lipinski definition) is 3. The van der Waals surface area contributed by atoms with Crippen molar-refractivity contribution in [2.75, 3.05) is 11.9 Å². The summed E-state index contributed by atoms with van der Waals surface area (Å²) in [5.74, 6) is 1.02. The smallest absolute Gasteiger partial charge is 0.329 e. The molecule has 2 aromatic carbocycles. The summed E-state index contributed by atoms with van der Waals surface area (Å²) in [5, 5.41) is 13.8. The van der Waals surface area contributed by atoms with E-state index in [0.717, 1.165) is 5.56 Å². The number of H-pyrrole nitrogens is 1. The number of ether oxygens (including phenoxy) is 1. The van der Waals surface area contributed by atoms with Gasteiger partial charge in [-0.05, 0) is 17.7 Å². The van der Waals surface area contributed by atoms with E-state index in [0.29, 0.717) is 18.2 Å². The van der Waals surface area contributed by atoms with Crippen LogP contribution in [-0.2, 0) is 20.1 Å². The number of anilines is 1. The highest BCUT2D eigenvalue weighted by Crippen LogP contribution is 2.17. The summed E-state index contributed by atoms with van der Waals surface area (Å²) < 4.78 is 8.48. The summed E-state index contributed by atoms with van der Waals surface area (Å²) in [7, 11) is 1.54. The van der Waals surface area contributed by atoms with E-state index in [2.05, 4.69) is 15.3 Å². The van der Waals surface area contributed by atoms with E-state index in [1.54, 1.807) is 16.7 Å². The van der Waals surface area contributed by atoms with Gasteiger partial charge in [-0.15, -0.1) is 0 Å². The molecule has 0 fully saturated rings. The SMILES string of the molecule is Cn1c(=O)[nH]c(=O)c2c1nc(NCc1ccccc1)n2C[C@@H](O)COc1ccccc1. The molecule has 0 aliphatic rings. The zero-order valence-electron chi connectivity index (χ0n) is 17.0. The van der Waals surface area contributed by atoms with Crippen LogP contribution < -0.4 is 21.3 Å². The van der Waals surface area contributed by atoms with Gasteiger partial charge >= 0.3 is 5.69 Å². The lowest BCUT2D eigenvalue weighted by Crippen LogP contribution is -2.30. The maximum atomic E-state index is 12.6. The molecule has 4 rings (SSSR count). The minimum atomic E-state index is -0.911. The maximum absolute atomic E-state index is 12.6. The highest BCUT2D eigenvalue weighted by molar-refractivity contribution is 5.74. The first-order chi connectivity index (χ1) is 15.0. The number of benzene rings is 2. The third-order valence-corrected chi connectivity index (χ3v) is 4.88. The monoisotopic (exact) mass is 421 g/mol. The van der Waals surface area contributed by atoms with E-state index in [9.17, 15) is 14.7 Å². The summed E-state index contributed by atoms with van der Waals surface area (Å²) in [5.41, 5.74) is 0.355. The summed E-state index contributed by atoms with van der Waals surface area (Å²) in [6.07, 6.45) is -0.911. The van der Waals surface area contributed by atoms with E-state index < -0.39 is 17.4 Å². The molecule has 0 unspecified atom stereocenters. The van der Waals surface area contributed by atoms with Crippen LogP contribution >= 0.6 is 0 Å². The third-order valence-electron chi connectivity index (χ3n) is 4.88. The number of fused-ring (bicyclic) bond motifs is 1. The Morgan fingerprint density at radius 1 is 1.10 bits per heavy atom. The minimum absolute atomic E-state index is 0.0332. The zero-order chi connectivity index (χ0) is 21.8. The summed E-state index contributed by atoms with van der Waals surface area (Å²) in [6.45, 7) is 0.555. The second kappa shape index (κ2) is 8.88. The van der Waals surface area contributed by atoms with Crippen LogP contribution in [0.2, 0.25) is 0 Å². The highest BCUT2D eigenvalue weighted by atomic mass is 16.5. The molecule has 4 aromatic rings. The number of para-hydroxylation sites is 1. The second-order valence-corrected chi connectivity index (χ2v) is 7.15. The molecule has 160 valence electrons. The lowest BCUT2D eigenvalue weighted by Gasteiger charge is -2.16. The average molecular weight is 421 g/mol. The first-order valence-corrected chi connectivity index (χ1v) is 9.86. The van der Waals surface area contributed by atoms with Gasteiger partial charge in [-0.3, -0.25) is 14.3 Å². The van der Waals surface area contributed by atoms with Gasteiger partial charge in [-0.25, -0.2) is 4.79 Å². The average Bonchev–Trinajstić information content (AvgIpc) is 3.15. The van der Waals surface area contributed by atoms with Crippen molar-refractivity contribution in [1.82, 2.24) is 19.1 Å². The van der Waals surface area contributed by atoms with Crippen LogP contribution in [0.5, 0.6) is 5.75 Å². The number of nitrogens with zero attached hydrogens (tertiary/aromatic N) is 3. The van der Waals surface area contributed by atoms with Crippen LogP contribution in [-0.4, -0.2) is 36.9 Å². The molecule has 0 aliphatic carbocycles. The fourth-order valence-corrected chi connectivity index (χ4v) is 3.30. The molecule has 0 saturated heterocycles. The number of hydrogen-bond acceptors (Lipinski definition) is 6.